The second-order valence-corrected chi connectivity index (χ2v) is 16.8. The Bertz CT molecular complexity index is 2160. The van der Waals surface area contributed by atoms with Crippen LogP contribution in [0.2, 0.25) is 0 Å². The summed E-state index contributed by atoms with van der Waals surface area (Å²) in [4.78, 5) is 41.4. The number of hydrogen-bond acceptors (Lipinski definition) is 10. The number of aromatic hydroxyl groups is 1. The molecular formula is C47H51NO9. The van der Waals surface area contributed by atoms with Gasteiger partial charge in [0.1, 0.15) is 29.0 Å². The van der Waals surface area contributed by atoms with E-state index in [1.54, 1.807) is 19.1 Å². The maximum atomic E-state index is 14.8. The van der Waals surface area contributed by atoms with E-state index in [0.717, 1.165) is 23.1 Å². The molecule has 10 bridgehead atoms. The zero-order chi connectivity index (χ0) is 39.8. The number of aryl methyl sites for hydroxylation is 1. The summed E-state index contributed by atoms with van der Waals surface area (Å²) in [6, 6.07) is 17.0. The van der Waals surface area contributed by atoms with Crippen LogP contribution in [0.1, 0.15) is 104 Å². The van der Waals surface area contributed by atoms with Crippen LogP contribution in [0.15, 0.2) is 66.2 Å². The number of fused-ring (bicyclic) bond motifs is 7. The van der Waals surface area contributed by atoms with Crippen LogP contribution in [-0.2, 0) is 45.0 Å². The number of nitrogens with one attached hydrogen (secondary N) is 1. The Morgan fingerprint density at radius 3 is 2.60 bits per heavy atom. The molecule has 0 spiro atoms. The van der Waals surface area contributed by atoms with Crippen molar-refractivity contribution in [3.63, 3.8) is 0 Å². The quantitative estimate of drug-likeness (QED) is 0.119. The maximum absolute atomic E-state index is 14.8. The molecule has 5 aliphatic rings. The first-order valence-electron chi connectivity index (χ1n) is 20.4. The summed E-state index contributed by atoms with van der Waals surface area (Å²) in [7, 11) is 0. The molecule has 0 amide bonds. The number of Topliss-reactive ketones (excluding diaryl/α,β-unsaturated/α-hetero) is 1. The third kappa shape index (κ3) is 8.11. The lowest BCUT2D eigenvalue weighted by Gasteiger charge is -2.52. The topological polar surface area (TPSA) is 163 Å². The molecule has 0 radical (unpaired) electrons. The van der Waals surface area contributed by atoms with Crippen LogP contribution in [-0.4, -0.2) is 62.5 Å². The number of carbonyl (C=O) groups excluding carboxylic acids is 3. The zero-order valence-electron chi connectivity index (χ0n) is 32.3. The van der Waals surface area contributed by atoms with E-state index in [1.807, 2.05) is 24.3 Å². The number of phenolic OH excluding ortho intramolecular Hbond substituents is 1. The number of ketones is 1. The number of aliphatic hydroxyl groups is 3. The smallest absolute Gasteiger partial charge is 0.334 e. The van der Waals surface area contributed by atoms with Crippen molar-refractivity contribution in [2.24, 2.45) is 17.8 Å². The van der Waals surface area contributed by atoms with E-state index in [0.29, 0.717) is 72.9 Å². The number of esters is 2. The van der Waals surface area contributed by atoms with Crippen molar-refractivity contribution in [3.05, 3.63) is 99.6 Å². The Morgan fingerprint density at radius 2 is 1.77 bits per heavy atom. The molecule has 3 aromatic rings. The molecule has 0 saturated heterocycles. The lowest BCUT2D eigenvalue weighted by molar-refractivity contribution is -0.191. The molecule has 8 rings (SSSR count). The van der Waals surface area contributed by atoms with Crippen molar-refractivity contribution in [2.45, 2.75) is 114 Å². The molecule has 3 aromatic carbocycles. The van der Waals surface area contributed by atoms with E-state index in [-0.39, 0.29) is 67.5 Å². The second-order valence-electron chi connectivity index (χ2n) is 16.8. The highest BCUT2D eigenvalue weighted by Gasteiger charge is 2.55. The van der Waals surface area contributed by atoms with Gasteiger partial charge in [0.15, 0.2) is 0 Å². The van der Waals surface area contributed by atoms with Gasteiger partial charge in [-0.05, 0) is 110 Å². The minimum Gasteiger partial charge on any atom is -0.508 e. The molecular weight excluding hydrogens is 723 g/mol. The van der Waals surface area contributed by atoms with Crippen molar-refractivity contribution >= 4 is 23.4 Å². The van der Waals surface area contributed by atoms with Gasteiger partial charge in [-0.1, -0.05) is 54.7 Å². The van der Waals surface area contributed by atoms with E-state index in [1.165, 1.54) is 6.07 Å². The number of aliphatic hydroxyl groups excluding tert-OH is 2. The van der Waals surface area contributed by atoms with Crippen LogP contribution >= 0.6 is 0 Å². The third-order valence-electron chi connectivity index (χ3n) is 12.9. The Labute approximate surface area is 333 Å². The fourth-order valence-corrected chi connectivity index (χ4v) is 10.0. The SMILES string of the molecule is CC(O)CNc1cc(CO)cc(C2C#CC3CC(=O)Oc4cc(O)c(cc43)CC3OC(=O)C(=CCCc4cccc(c4)CC4C(=O)CCC5C4CCCC35O)C2)c1. The van der Waals surface area contributed by atoms with Crippen molar-refractivity contribution in [1.29, 1.82) is 0 Å². The molecule has 8 unspecified atom stereocenters. The van der Waals surface area contributed by atoms with Gasteiger partial charge in [-0.2, -0.15) is 0 Å². The van der Waals surface area contributed by atoms with Gasteiger partial charge in [0.2, 0.25) is 0 Å². The predicted octanol–water partition coefficient (Wildman–Crippen LogP) is 5.96. The standard InChI is InChI=1S/C47H51NO9/c1-27(50)25-48-36-17-30(26-49)16-34(20-36)31-10-11-32-23-45(53)56-43-24-42(52)35(21-38(32)43)22-44-47(55)14-4-9-37-39(41(51)13-12-40(37)47)18-29-7-2-5-28(15-29)6-3-8-33(19-31)46(54)57-44/h2,5,7-8,15-17,20-21,24,27,31-32,37,39-40,44,48-50,52,55H,3-4,6,9,12-14,18-19,22-23,25-26H2,1H3. The van der Waals surface area contributed by atoms with Crippen molar-refractivity contribution in [1.82, 2.24) is 0 Å². The molecule has 2 aliphatic carbocycles. The normalized spacial score (nSPS) is 29.0. The van der Waals surface area contributed by atoms with Crippen LogP contribution < -0.4 is 10.1 Å². The number of carbonyl (C=O) groups is 3. The van der Waals surface area contributed by atoms with Gasteiger partial charge in [-0.3, -0.25) is 9.59 Å². The van der Waals surface area contributed by atoms with E-state index in [2.05, 4.69) is 35.4 Å². The van der Waals surface area contributed by atoms with Crippen LogP contribution in [0.4, 0.5) is 5.69 Å². The molecule has 2 fully saturated rings. The molecule has 3 heterocycles. The first kappa shape index (κ1) is 38.9. The molecule has 10 nitrogen and oxygen atoms in total. The van der Waals surface area contributed by atoms with Gasteiger partial charge in [-0.25, -0.2) is 4.79 Å². The fraction of sp³-hybridized carbons (Fsp3) is 0.468. The summed E-state index contributed by atoms with van der Waals surface area (Å²) in [6.45, 7) is 1.71. The summed E-state index contributed by atoms with van der Waals surface area (Å²) < 4.78 is 12.2. The number of anilines is 1. The summed E-state index contributed by atoms with van der Waals surface area (Å²) in [5.41, 5.74) is 4.14. The van der Waals surface area contributed by atoms with Gasteiger partial charge in [0, 0.05) is 54.1 Å². The Kier molecular flexibility index (Phi) is 11.0. The minimum atomic E-state index is -1.49. The number of hydrogen-bond donors (Lipinski definition) is 5. The highest BCUT2D eigenvalue weighted by atomic mass is 16.6. The monoisotopic (exact) mass is 773 g/mol. The van der Waals surface area contributed by atoms with Crippen molar-refractivity contribution in [2.75, 3.05) is 11.9 Å². The number of benzene rings is 3. The average Bonchev–Trinajstić information content (AvgIpc) is 3.19. The first-order valence-corrected chi connectivity index (χ1v) is 20.4. The number of ether oxygens (including phenoxy) is 2. The number of phenols is 1. The third-order valence-corrected chi connectivity index (χ3v) is 12.9. The first-order chi connectivity index (χ1) is 27.5. The lowest BCUT2D eigenvalue weighted by Crippen LogP contribution is -2.59. The summed E-state index contributed by atoms with van der Waals surface area (Å²) in [6.07, 6.45) is 4.67. The summed E-state index contributed by atoms with van der Waals surface area (Å²) >= 11 is 0. The van der Waals surface area contributed by atoms with Gasteiger partial charge < -0.3 is 35.2 Å². The van der Waals surface area contributed by atoms with Crippen LogP contribution in [0.3, 0.4) is 0 Å². The van der Waals surface area contributed by atoms with Gasteiger partial charge in [0.25, 0.3) is 0 Å². The van der Waals surface area contributed by atoms with Gasteiger partial charge in [0.05, 0.1) is 25.0 Å². The van der Waals surface area contributed by atoms with Gasteiger partial charge >= 0.3 is 11.9 Å². The number of rotatable bonds is 5. The Morgan fingerprint density at radius 1 is 0.947 bits per heavy atom. The molecule has 2 saturated carbocycles. The van der Waals surface area contributed by atoms with E-state index < -0.39 is 41.6 Å². The van der Waals surface area contributed by atoms with E-state index in [4.69, 9.17) is 9.47 Å². The molecule has 10 heteroatoms. The molecule has 298 valence electrons. The lowest BCUT2D eigenvalue weighted by atomic mass is 9.56. The van der Waals surface area contributed by atoms with Crippen LogP contribution in [0.25, 0.3) is 0 Å². The molecule has 57 heavy (non-hydrogen) atoms. The molecule has 0 aromatic heterocycles. The zero-order valence-corrected chi connectivity index (χ0v) is 32.3. The van der Waals surface area contributed by atoms with E-state index in [9.17, 15) is 34.8 Å². The minimum absolute atomic E-state index is 0.00558. The van der Waals surface area contributed by atoms with Crippen molar-refractivity contribution < 1.29 is 44.3 Å². The number of allylic oxidation sites excluding steroid dienone is 1. The average molecular weight is 774 g/mol. The van der Waals surface area contributed by atoms with Crippen LogP contribution in [0, 0.1) is 29.6 Å². The highest BCUT2D eigenvalue weighted by molar-refractivity contribution is 5.89. The van der Waals surface area contributed by atoms with E-state index >= 15 is 0 Å². The summed E-state index contributed by atoms with van der Waals surface area (Å²) in [5.74, 6) is 4.09. The summed E-state index contributed by atoms with van der Waals surface area (Å²) in [5, 5.41) is 48.0. The molecule has 5 N–H and O–H groups in total. The fourth-order valence-electron chi connectivity index (χ4n) is 10.0. The van der Waals surface area contributed by atoms with Crippen molar-refractivity contribution in [3.8, 4) is 23.3 Å². The Balaban J connectivity index is 1.30. The molecule has 3 aliphatic heterocycles. The predicted molar refractivity (Wildman–Crippen MR) is 212 cm³/mol. The highest BCUT2D eigenvalue weighted by Crippen LogP contribution is 2.51. The largest absolute Gasteiger partial charge is 0.508 e. The Hall–Kier alpha value is -4.95. The molecule has 8 atom stereocenters. The second kappa shape index (κ2) is 16.1. The van der Waals surface area contributed by atoms with Gasteiger partial charge in [-0.15, -0.1) is 0 Å². The maximum Gasteiger partial charge on any atom is 0.334 e. The van der Waals surface area contributed by atoms with Crippen LogP contribution in [0.5, 0.6) is 11.5 Å².